The van der Waals surface area contributed by atoms with E-state index in [-0.39, 0.29) is 11.9 Å². The van der Waals surface area contributed by atoms with Gasteiger partial charge in [0.25, 0.3) is 0 Å². The van der Waals surface area contributed by atoms with Crippen LogP contribution in [-0.2, 0) is 11.3 Å². The van der Waals surface area contributed by atoms with Gasteiger partial charge in [0.2, 0.25) is 5.91 Å². The molecule has 2 rings (SSSR count). The van der Waals surface area contributed by atoms with Gasteiger partial charge in [-0.1, -0.05) is 18.6 Å². The molecule has 0 saturated carbocycles. The van der Waals surface area contributed by atoms with Gasteiger partial charge in [-0.25, -0.2) is 0 Å². The maximum absolute atomic E-state index is 11.1. The molecule has 1 aromatic rings. The predicted molar refractivity (Wildman–Crippen MR) is 72.7 cm³/mol. The zero-order valence-electron chi connectivity index (χ0n) is 10.6. The fourth-order valence-corrected chi connectivity index (χ4v) is 2.66. The number of amides is 1. The molecule has 0 spiro atoms. The fourth-order valence-electron chi connectivity index (χ4n) is 2.66. The quantitative estimate of drug-likeness (QED) is 0.792. The van der Waals surface area contributed by atoms with Gasteiger partial charge < -0.3 is 11.5 Å². The minimum Gasteiger partial charge on any atom is -0.399 e. The van der Waals surface area contributed by atoms with Gasteiger partial charge in [0, 0.05) is 24.7 Å². The summed E-state index contributed by atoms with van der Waals surface area (Å²) in [6.07, 6.45) is 3.90. The highest BCUT2D eigenvalue weighted by atomic mass is 16.1. The van der Waals surface area contributed by atoms with Gasteiger partial charge in [-0.2, -0.15) is 0 Å². The third kappa shape index (κ3) is 3.47. The lowest BCUT2D eigenvalue weighted by atomic mass is 9.98. The number of rotatable bonds is 4. The molecule has 4 N–H and O–H groups in total. The van der Waals surface area contributed by atoms with Gasteiger partial charge in [-0.15, -0.1) is 0 Å². The zero-order chi connectivity index (χ0) is 13.0. The van der Waals surface area contributed by atoms with Gasteiger partial charge in [-0.05, 0) is 37.1 Å². The molecule has 0 aliphatic carbocycles. The number of primary amides is 1. The molecule has 1 aliphatic heterocycles. The van der Waals surface area contributed by atoms with Crippen molar-refractivity contribution in [3.63, 3.8) is 0 Å². The Balaban J connectivity index is 2.03. The molecule has 1 atom stereocenters. The minimum absolute atomic E-state index is 0.209. The van der Waals surface area contributed by atoms with Crippen LogP contribution >= 0.6 is 0 Å². The van der Waals surface area contributed by atoms with Gasteiger partial charge in [0.15, 0.2) is 0 Å². The van der Waals surface area contributed by atoms with Crippen molar-refractivity contribution in [1.29, 1.82) is 0 Å². The average molecular weight is 247 g/mol. The SMILES string of the molecule is NC(=O)CC1CCCCN1Cc1cccc(N)c1. The first-order valence-electron chi connectivity index (χ1n) is 6.52. The lowest BCUT2D eigenvalue weighted by molar-refractivity contribution is -0.119. The largest absolute Gasteiger partial charge is 0.399 e. The van der Waals surface area contributed by atoms with Crippen LogP contribution in [0.25, 0.3) is 0 Å². The number of carbonyl (C=O) groups is 1. The number of nitrogen functional groups attached to an aromatic ring is 1. The molecule has 0 aromatic heterocycles. The average Bonchev–Trinajstić information content (AvgIpc) is 2.31. The summed E-state index contributed by atoms with van der Waals surface area (Å²) in [5.74, 6) is -0.209. The van der Waals surface area contributed by atoms with Gasteiger partial charge in [0.05, 0.1) is 0 Å². The van der Waals surface area contributed by atoms with Crippen LogP contribution in [0.15, 0.2) is 24.3 Å². The molecule has 1 unspecified atom stereocenters. The van der Waals surface area contributed by atoms with Gasteiger partial charge >= 0.3 is 0 Å². The normalized spacial score (nSPS) is 20.8. The number of nitrogens with two attached hydrogens (primary N) is 2. The Bertz CT molecular complexity index is 419. The van der Waals surface area contributed by atoms with E-state index in [1.54, 1.807) is 0 Å². The summed E-state index contributed by atoms with van der Waals surface area (Å²) in [6, 6.07) is 8.22. The second kappa shape index (κ2) is 5.87. The van der Waals surface area contributed by atoms with E-state index in [2.05, 4.69) is 11.0 Å². The van der Waals surface area contributed by atoms with Crippen molar-refractivity contribution >= 4 is 11.6 Å². The highest BCUT2D eigenvalue weighted by molar-refractivity contribution is 5.74. The monoisotopic (exact) mass is 247 g/mol. The number of anilines is 1. The summed E-state index contributed by atoms with van der Waals surface area (Å²) < 4.78 is 0. The molecular formula is C14H21N3O. The van der Waals surface area contributed by atoms with E-state index in [1.807, 2.05) is 18.2 Å². The van der Waals surface area contributed by atoms with E-state index in [9.17, 15) is 4.79 Å². The Morgan fingerprint density at radius 3 is 2.94 bits per heavy atom. The Hall–Kier alpha value is -1.55. The molecule has 98 valence electrons. The zero-order valence-corrected chi connectivity index (χ0v) is 10.6. The van der Waals surface area contributed by atoms with E-state index in [0.29, 0.717) is 6.42 Å². The maximum Gasteiger partial charge on any atom is 0.218 e. The number of hydrogen-bond acceptors (Lipinski definition) is 3. The number of piperidine rings is 1. The summed E-state index contributed by atoms with van der Waals surface area (Å²) in [5, 5.41) is 0. The summed E-state index contributed by atoms with van der Waals surface area (Å²) in [7, 11) is 0. The highest BCUT2D eigenvalue weighted by Gasteiger charge is 2.23. The number of likely N-dealkylation sites (tertiary alicyclic amines) is 1. The minimum atomic E-state index is -0.209. The van der Waals surface area contributed by atoms with Crippen molar-refractivity contribution < 1.29 is 4.79 Å². The van der Waals surface area contributed by atoms with E-state index in [1.165, 1.54) is 18.4 Å². The molecule has 1 fully saturated rings. The van der Waals surface area contributed by atoms with Crippen LogP contribution in [0.2, 0.25) is 0 Å². The van der Waals surface area contributed by atoms with Crippen molar-refractivity contribution in [3.8, 4) is 0 Å². The number of carbonyl (C=O) groups excluding carboxylic acids is 1. The Morgan fingerprint density at radius 2 is 2.22 bits per heavy atom. The van der Waals surface area contributed by atoms with Crippen molar-refractivity contribution in [2.75, 3.05) is 12.3 Å². The first kappa shape index (κ1) is 12.9. The fraction of sp³-hybridized carbons (Fsp3) is 0.500. The summed E-state index contributed by atoms with van der Waals surface area (Å²) in [5.41, 5.74) is 13.1. The van der Waals surface area contributed by atoms with Crippen molar-refractivity contribution in [2.45, 2.75) is 38.3 Å². The van der Waals surface area contributed by atoms with Crippen LogP contribution in [0, 0.1) is 0 Å². The van der Waals surface area contributed by atoms with Gasteiger partial charge in [-0.3, -0.25) is 9.69 Å². The molecule has 4 nitrogen and oxygen atoms in total. The third-order valence-corrected chi connectivity index (χ3v) is 3.52. The van der Waals surface area contributed by atoms with Crippen molar-refractivity contribution in [1.82, 2.24) is 4.90 Å². The summed E-state index contributed by atoms with van der Waals surface area (Å²) in [4.78, 5) is 13.4. The molecule has 18 heavy (non-hydrogen) atoms. The maximum atomic E-state index is 11.1. The molecule has 1 aliphatic rings. The van der Waals surface area contributed by atoms with E-state index < -0.39 is 0 Å². The van der Waals surface area contributed by atoms with E-state index >= 15 is 0 Å². The summed E-state index contributed by atoms with van der Waals surface area (Å²) in [6.45, 7) is 1.88. The molecule has 1 amide bonds. The van der Waals surface area contributed by atoms with E-state index in [4.69, 9.17) is 11.5 Å². The topological polar surface area (TPSA) is 72.4 Å². The first-order chi connectivity index (χ1) is 8.65. The van der Waals surface area contributed by atoms with E-state index in [0.717, 1.165) is 25.2 Å². The lowest BCUT2D eigenvalue weighted by Gasteiger charge is -2.35. The molecule has 0 bridgehead atoms. The number of hydrogen-bond donors (Lipinski definition) is 2. The standard InChI is InChI=1S/C14H21N3O/c15-12-5-3-4-11(8-12)10-17-7-2-1-6-13(17)9-14(16)18/h3-5,8,13H,1-2,6-7,9-10,15H2,(H2,16,18). The Kier molecular flexibility index (Phi) is 4.20. The second-order valence-corrected chi connectivity index (χ2v) is 5.04. The van der Waals surface area contributed by atoms with Crippen LogP contribution in [0.1, 0.15) is 31.2 Å². The molecule has 1 heterocycles. The van der Waals surface area contributed by atoms with Crippen LogP contribution in [0.5, 0.6) is 0 Å². The number of nitrogens with zero attached hydrogens (tertiary/aromatic N) is 1. The lowest BCUT2D eigenvalue weighted by Crippen LogP contribution is -2.41. The van der Waals surface area contributed by atoms with Crippen molar-refractivity contribution in [2.24, 2.45) is 5.73 Å². The molecule has 0 radical (unpaired) electrons. The second-order valence-electron chi connectivity index (χ2n) is 5.04. The Labute approximate surface area is 108 Å². The number of benzene rings is 1. The predicted octanol–water partition coefficient (Wildman–Crippen LogP) is 1.50. The van der Waals surface area contributed by atoms with Crippen LogP contribution in [-0.4, -0.2) is 23.4 Å². The van der Waals surface area contributed by atoms with Crippen LogP contribution in [0.3, 0.4) is 0 Å². The van der Waals surface area contributed by atoms with Crippen molar-refractivity contribution in [3.05, 3.63) is 29.8 Å². The van der Waals surface area contributed by atoms with Gasteiger partial charge in [0.1, 0.15) is 0 Å². The highest BCUT2D eigenvalue weighted by Crippen LogP contribution is 2.22. The smallest absolute Gasteiger partial charge is 0.218 e. The third-order valence-electron chi connectivity index (χ3n) is 3.52. The molecular weight excluding hydrogens is 226 g/mol. The molecule has 1 aromatic carbocycles. The van der Waals surface area contributed by atoms with Crippen LogP contribution < -0.4 is 11.5 Å². The molecule has 1 saturated heterocycles. The summed E-state index contributed by atoms with van der Waals surface area (Å²) >= 11 is 0. The molecule has 4 heteroatoms. The van der Waals surface area contributed by atoms with Crippen LogP contribution in [0.4, 0.5) is 5.69 Å². The first-order valence-corrected chi connectivity index (χ1v) is 6.52. The Morgan fingerprint density at radius 1 is 1.39 bits per heavy atom.